The van der Waals surface area contributed by atoms with E-state index in [0.717, 1.165) is 37.1 Å². The molecule has 0 atom stereocenters. The summed E-state index contributed by atoms with van der Waals surface area (Å²) >= 11 is 0. The molecule has 0 amide bonds. The lowest BCUT2D eigenvalue weighted by molar-refractivity contribution is 0.385. The summed E-state index contributed by atoms with van der Waals surface area (Å²) in [6.45, 7) is 8.78. The van der Waals surface area contributed by atoms with Crippen LogP contribution in [0.25, 0.3) is 0 Å². The molecule has 3 nitrogen and oxygen atoms in total. The first-order valence-electron chi connectivity index (χ1n) is 6.69. The van der Waals surface area contributed by atoms with Crippen LogP contribution in [0.2, 0.25) is 0 Å². The first kappa shape index (κ1) is 12.4. The van der Waals surface area contributed by atoms with E-state index in [4.69, 9.17) is 0 Å². The van der Waals surface area contributed by atoms with Crippen molar-refractivity contribution in [1.29, 1.82) is 0 Å². The number of nitrogens with zero attached hydrogens (tertiary/aromatic N) is 2. The van der Waals surface area contributed by atoms with Gasteiger partial charge in [-0.25, -0.2) is 4.98 Å². The number of aromatic nitrogens is 1. The van der Waals surface area contributed by atoms with Gasteiger partial charge >= 0.3 is 0 Å². The Kier molecular flexibility index (Phi) is 4.37. The lowest BCUT2D eigenvalue weighted by Crippen LogP contribution is -2.37. The van der Waals surface area contributed by atoms with Gasteiger partial charge in [-0.2, -0.15) is 0 Å². The third kappa shape index (κ3) is 3.43. The highest BCUT2D eigenvalue weighted by atomic mass is 15.2. The molecule has 0 radical (unpaired) electrons. The molecule has 0 aliphatic carbocycles. The van der Waals surface area contributed by atoms with E-state index in [1.807, 2.05) is 0 Å². The van der Waals surface area contributed by atoms with E-state index in [1.165, 1.54) is 19.4 Å². The Balaban J connectivity index is 1.86. The number of hydrogen-bond donors (Lipinski definition) is 1. The van der Waals surface area contributed by atoms with Crippen LogP contribution in [0.1, 0.15) is 25.5 Å². The molecule has 0 aromatic carbocycles. The molecule has 2 heterocycles. The zero-order chi connectivity index (χ0) is 12.1. The molecule has 2 rings (SSSR count). The Morgan fingerprint density at radius 1 is 1.35 bits per heavy atom. The summed E-state index contributed by atoms with van der Waals surface area (Å²) in [4.78, 5) is 7.01. The maximum atomic E-state index is 4.59. The highest BCUT2D eigenvalue weighted by molar-refractivity contribution is 5.39. The number of pyridine rings is 1. The van der Waals surface area contributed by atoms with Crippen LogP contribution in [0.15, 0.2) is 18.2 Å². The molecule has 1 aliphatic heterocycles. The van der Waals surface area contributed by atoms with Gasteiger partial charge in [0.2, 0.25) is 0 Å². The maximum Gasteiger partial charge on any atom is 0.128 e. The summed E-state index contributed by atoms with van der Waals surface area (Å²) in [5, 5.41) is 3.45. The predicted molar refractivity (Wildman–Crippen MR) is 72.5 cm³/mol. The molecule has 0 spiro atoms. The summed E-state index contributed by atoms with van der Waals surface area (Å²) in [5.74, 6) is 1.99. The summed E-state index contributed by atoms with van der Waals surface area (Å²) in [7, 11) is 0. The molecule has 1 fully saturated rings. The molecule has 1 saturated heterocycles. The minimum atomic E-state index is 0.844. The van der Waals surface area contributed by atoms with Crippen LogP contribution < -0.4 is 10.2 Å². The molecule has 0 bridgehead atoms. The van der Waals surface area contributed by atoms with Gasteiger partial charge in [0.25, 0.3) is 0 Å². The van der Waals surface area contributed by atoms with Gasteiger partial charge in [0.15, 0.2) is 0 Å². The van der Waals surface area contributed by atoms with Crippen molar-refractivity contribution in [1.82, 2.24) is 10.3 Å². The maximum absolute atomic E-state index is 4.59. The Morgan fingerprint density at radius 3 is 2.76 bits per heavy atom. The van der Waals surface area contributed by atoms with E-state index >= 15 is 0 Å². The largest absolute Gasteiger partial charge is 0.357 e. The van der Waals surface area contributed by atoms with Gasteiger partial charge in [0, 0.05) is 18.8 Å². The normalized spacial score (nSPS) is 17.4. The van der Waals surface area contributed by atoms with E-state index in [2.05, 4.69) is 47.2 Å². The number of anilines is 1. The van der Waals surface area contributed by atoms with Crippen LogP contribution >= 0.6 is 0 Å². The molecule has 94 valence electrons. The third-order valence-electron chi connectivity index (χ3n) is 3.50. The molecule has 1 aromatic heterocycles. The van der Waals surface area contributed by atoms with E-state index in [1.54, 1.807) is 0 Å². The zero-order valence-electron chi connectivity index (χ0n) is 10.9. The van der Waals surface area contributed by atoms with Crippen LogP contribution in [0.3, 0.4) is 0 Å². The Bertz CT molecular complexity index is 343. The van der Waals surface area contributed by atoms with E-state index in [-0.39, 0.29) is 0 Å². The van der Waals surface area contributed by atoms with Crippen LogP contribution in [0.4, 0.5) is 5.82 Å². The number of nitrogens with one attached hydrogen (secondary N) is 1. The van der Waals surface area contributed by atoms with Crippen molar-refractivity contribution in [3.63, 3.8) is 0 Å². The molecule has 1 N–H and O–H groups in total. The van der Waals surface area contributed by atoms with Gasteiger partial charge in [-0.3, -0.25) is 0 Å². The highest BCUT2D eigenvalue weighted by Gasteiger charge is 2.19. The minimum absolute atomic E-state index is 0.844. The van der Waals surface area contributed by atoms with Crippen molar-refractivity contribution in [2.24, 2.45) is 5.92 Å². The predicted octanol–water partition coefficient (Wildman–Crippen LogP) is 2.22. The number of rotatable bonds is 4. The van der Waals surface area contributed by atoms with Crippen molar-refractivity contribution >= 4 is 5.82 Å². The van der Waals surface area contributed by atoms with E-state index in [9.17, 15) is 0 Å². The van der Waals surface area contributed by atoms with Crippen molar-refractivity contribution in [3.05, 3.63) is 23.9 Å². The van der Waals surface area contributed by atoms with Gasteiger partial charge in [-0.1, -0.05) is 13.0 Å². The molecule has 1 aromatic rings. The van der Waals surface area contributed by atoms with Crippen LogP contribution in [-0.2, 0) is 0 Å². The standard InChI is InChI=1S/C14H23N3/c1-3-15-11-13-7-9-17(10-8-13)14-6-4-5-12(2)16-14/h4-6,13,15H,3,7-11H2,1-2H3. The lowest BCUT2D eigenvalue weighted by Gasteiger charge is -2.33. The van der Waals surface area contributed by atoms with Crippen molar-refractivity contribution in [2.45, 2.75) is 26.7 Å². The summed E-state index contributed by atoms with van der Waals surface area (Å²) in [6, 6.07) is 6.28. The number of hydrogen-bond acceptors (Lipinski definition) is 3. The van der Waals surface area contributed by atoms with Gasteiger partial charge in [0.1, 0.15) is 5.82 Å². The average Bonchev–Trinajstić information content (AvgIpc) is 2.37. The summed E-state index contributed by atoms with van der Waals surface area (Å²) in [5.41, 5.74) is 1.11. The molecule has 17 heavy (non-hydrogen) atoms. The summed E-state index contributed by atoms with van der Waals surface area (Å²) in [6.07, 6.45) is 2.56. The quantitative estimate of drug-likeness (QED) is 0.864. The molecule has 1 aliphatic rings. The fourth-order valence-corrected chi connectivity index (χ4v) is 2.42. The highest BCUT2D eigenvalue weighted by Crippen LogP contribution is 2.21. The van der Waals surface area contributed by atoms with E-state index in [0.29, 0.717) is 0 Å². The molecule has 3 heteroatoms. The van der Waals surface area contributed by atoms with Crippen molar-refractivity contribution in [2.75, 3.05) is 31.1 Å². The Hall–Kier alpha value is -1.09. The van der Waals surface area contributed by atoms with Crippen LogP contribution in [0, 0.1) is 12.8 Å². The topological polar surface area (TPSA) is 28.2 Å². The summed E-state index contributed by atoms with van der Waals surface area (Å²) < 4.78 is 0. The molecule has 0 unspecified atom stereocenters. The molecular formula is C14H23N3. The second-order valence-corrected chi connectivity index (χ2v) is 4.88. The molecular weight excluding hydrogens is 210 g/mol. The fourth-order valence-electron chi connectivity index (χ4n) is 2.42. The van der Waals surface area contributed by atoms with Gasteiger partial charge < -0.3 is 10.2 Å². The van der Waals surface area contributed by atoms with Crippen LogP contribution in [0.5, 0.6) is 0 Å². The van der Waals surface area contributed by atoms with E-state index < -0.39 is 0 Å². The lowest BCUT2D eigenvalue weighted by atomic mass is 9.97. The Labute approximate surface area is 104 Å². The fraction of sp³-hybridized carbons (Fsp3) is 0.643. The van der Waals surface area contributed by atoms with Gasteiger partial charge in [-0.15, -0.1) is 0 Å². The number of piperidine rings is 1. The second-order valence-electron chi connectivity index (χ2n) is 4.88. The Morgan fingerprint density at radius 2 is 2.12 bits per heavy atom. The third-order valence-corrected chi connectivity index (χ3v) is 3.50. The second kappa shape index (κ2) is 6.01. The van der Waals surface area contributed by atoms with Crippen molar-refractivity contribution in [3.8, 4) is 0 Å². The first-order valence-corrected chi connectivity index (χ1v) is 6.69. The zero-order valence-corrected chi connectivity index (χ0v) is 10.9. The number of aryl methyl sites for hydroxylation is 1. The smallest absolute Gasteiger partial charge is 0.128 e. The SMILES string of the molecule is CCNCC1CCN(c2cccc(C)n2)CC1. The monoisotopic (exact) mass is 233 g/mol. The molecule has 0 saturated carbocycles. The van der Waals surface area contributed by atoms with Gasteiger partial charge in [-0.05, 0) is 50.9 Å². The average molecular weight is 233 g/mol. The van der Waals surface area contributed by atoms with Crippen LogP contribution in [-0.4, -0.2) is 31.2 Å². The van der Waals surface area contributed by atoms with Crippen molar-refractivity contribution < 1.29 is 0 Å². The minimum Gasteiger partial charge on any atom is -0.357 e. The first-order chi connectivity index (χ1) is 8.29. The van der Waals surface area contributed by atoms with Gasteiger partial charge in [0.05, 0.1) is 0 Å².